The zero-order chi connectivity index (χ0) is 12.9. The Kier molecular flexibility index (Phi) is 4.57. The number of nitrogens with zero attached hydrogens (tertiary/aromatic N) is 1. The molecule has 1 rings (SSSR count). The van der Waals surface area contributed by atoms with Gasteiger partial charge in [0.05, 0.1) is 6.07 Å². The number of hydrogen-bond acceptors (Lipinski definition) is 2. The predicted octanol–water partition coefficient (Wildman–Crippen LogP) is 4.13. The van der Waals surface area contributed by atoms with Gasteiger partial charge in [-0.2, -0.15) is 5.26 Å². The normalized spacial score (nSPS) is 14.1. The van der Waals surface area contributed by atoms with Gasteiger partial charge in [-0.05, 0) is 44.2 Å². The van der Waals surface area contributed by atoms with Crippen LogP contribution in [0.5, 0.6) is 0 Å². The van der Waals surface area contributed by atoms with Crippen LogP contribution in [0, 0.1) is 24.2 Å². The second-order valence-corrected chi connectivity index (χ2v) is 5.32. The number of nitriles is 1. The van der Waals surface area contributed by atoms with Crippen LogP contribution in [-0.2, 0) is 0 Å². The Labute approximate surface area is 105 Å². The number of rotatable bonds is 5. The zero-order valence-electron chi connectivity index (χ0n) is 11.2. The van der Waals surface area contributed by atoms with E-state index >= 15 is 0 Å². The first kappa shape index (κ1) is 13.6. The molecule has 2 nitrogen and oxygen atoms in total. The van der Waals surface area contributed by atoms with E-state index in [0.29, 0.717) is 5.92 Å². The third-order valence-electron chi connectivity index (χ3n) is 3.02. The topological polar surface area (TPSA) is 35.8 Å². The molecule has 2 heteroatoms. The smallest absolute Gasteiger partial charge is 0.122 e. The van der Waals surface area contributed by atoms with Gasteiger partial charge in [0, 0.05) is 5.69 Å². The van der Waals surface area contributed by atoms with Crippen molar-refractivity contribution >= 4 is 5.69 Å². The summed E-state index contributed by atoms with van der Waals surface area (Å²) in [4.78, 5) is 0. The first-order chi connectivity index (χ1) is 7.97. The predicted molar refractivity (Wildman–Crippen MR) is 72.9 cm³/mol. The van der Waals surface area contributed by atoms with Gasteiger partial charge in [0.15, 0.2) is 0 Å². The Balaban J connectivity index is 2.76. The van der Waals surface area contributed by atoms with E-state index in [1.165, 1.54) is 5.56 Å². The molecule has 0 bridgehead atoms. The van der Waals surface area contributed by atoms with Crippen LogP contribution in [0.1, 0.15) is 39.2 Å². The molecule has 0 heterocycles. The van der Waals surface area contributed by atoms with Crippen molar-refractivity contribution in [1.82, 2.24) is 0 Å². The average Bonchev–Trinajstić information content (AvgIpc) is 2.30. The van der Waals surface area contributed by atoms with E-state index in [9.17, 15) is 5.26 Å². The third-order valence-corrected chi connectivity index (χ3v) is 3.02. The lowest BCUT2D eigenvalue weighted by molar-refractivity contribution is 0.479. The molecule has 0 amide bonds. The van der Waals surface area contributed by atoms with Crippen molar-refractivity contribution < 1.29 is 0 Å². The Morgan fingerprint density at radius 3 is 2.53 bits per heavy atom. The molecule has 0 fully saturated rings. The molecule has 0 saturated heterocycles. The van der Waals surface area contributed by atoms with Crippen molar-refractivity contribution in [3.8, 4) is 6.07 Å². The number of hydrogen-bond donors (Lipinski definition) is 1. The van der Waals surface area contributed by atoms with Gasteiger partial charge in [0.2, 0.25) is 0 Å². The van der Waals surface area contributed by atoms with E-state index in [1.807, 2.05) is 25.1 Å². The lowest BCUT2D eigenvalue weighted by atomic mass is 9.92. The van der Waals surface area contributed by atoms with E-state index in [2.05, 4.69) is 38.2 Å². The second-order valence-electron chi connectivity index (χ2n) is 5.32. The number of nitrogens with one attached hydrogen (secondary N) is 1. The summed E-state index contributed by atoms with van der Waals surface area (Å²) in [5.41, 5.74) is 1.76. The maximum atomic E-state index is 9.34. The van der Waals surface area contributed by atoms with Crippen LogP contribution in [0.25, 0.3) is 0 Å². The second kappa shape index (κ2) is 5.72. The fourth-order valence-electron chi connectivity index (χ4n) is 1.73. The molecule has 0 radical (unpaired) electrons. The molecule has 1 aromatic carbocycles. The van der Waals surface area contributed by atoms with Gasteiger partial charge in [-0.15, -0.1) is 0 Å². The Hall–Kier alpha value is -1.49. The van der Waals surface area contributed by atoms with Crippen molar-refractivity contribution in [2.45, 2.75) is 46.1 Å². The molecule has 0 saturated carbocycles. The van der Waals surface area contributed by atoms with Gasteiger partial charge < -0.3 is 5.32 Å². The van der Waals surface area contributed by atoms with Crippen LogP contribution >= 0.6 is 0 Å². The van der Waals surface area contributed by atoms with Gasteiger partial charge in [-0.3, -0.25) is 0 Å². The van der Waals surface area contributed by atoms with Crippen LogP contribution in [0.4, 0.5) is 5.69 Å². The summed E-state index contributed by atoms with van der Waals surface area (Å²) in [7, 11) is 0. The standard InChI is InChI=1S/C15H22N2/c1-12(2)9-10-15(4,11-16)17-14-8-6-5-7-13(14)3/h5-8,12,17H,9-10H2,1-4H3. The molecule has 17 heavy (non-hydrogen) atoms. The zero-order valence-corrected chi connectivity index (χ0v) is 11.2. The number of anilines is 1. The molecular weight excluding hydrogens is 208 g/mol. The summed E-state index contributed by atoms with van der Waals surface area (Å²) in [6.45, 7) is 8.40. The molecule has 0 aromatic heterocycles. The van der Waals surface area contributed by atoms with Gasteiger partial charge >= 0.3 is 0 Å². The lowest BCUT2D eigenvalue weighted by Crippen LogP contribution is -2.33. The van der Waals surface area contributed by atoms with E-state index in [-0.39, 0.29) is 0 Å². The van der Waals surface area contributed by atoms with Crippen molar-refractivity contribution in [1.29, 1.82) is 5.26 Å². The van der Waals surface area contributed by atoms with E-state index < -0.39 is 5.54 Å². The fraction of sp³-hybridized carbons (Fsp3) is 0.533. The molecule has 1 unspecified atom stereocenters. The van der Waals surface area contributed by atoms with Crippen LogP contribution in [0.3, 0.4) is 0 Å². The largest absolute Gasteiger partial charge is 0.367 e. The highest BCUT2D eigenvalue weighted by Gasteiger charge is 2.23. The number of para-hydroxylation sites is 1. The van der Waals surface area contributed by atoms with Crippen LogP contribution in [0.2, 0.25) is 0 Å². The number of aryl methyl sites for hydroxylation is 1. The highest BCUT2D eigenvalue weighted by molar-refractivity contribution is 5.53. The summed E-state index contributed by atoms with van der Waals surface area (Å²) in [6.07, 6.45) is 1.93. The van der Waals surface area contributed by atoms with E-state index in [4.69, 9.17) is 0 Å². The molecular formula is C15H22N2. The van der Waals surface area contributed by atoms with Gasteiger partial charge in [-0.1, -0.05) is 32.0 Å². The summed E-state index contributed by atoms with van der Waals surface area (Å²) < 4.78 is 0. The van der Waals surface area contributed by atoms with Crippen LogP contribution in [0.15, 0.2) is 24.3 Å². The van der Waals surface area contributed by atoms with Crippen molar-refractivity contribution in [3.63, 3.8) is 0 Å². The van der Waals surface area contributed by atoms with Gasteiger partial charge in [-0.25, -0.2) is 0 Å². The van der Waals surface area contributed by atoms with Crippen molar-refractivity contribution in [2.24, 2.45) is 5.92 Å². The Morgan fingerprint density at radius 1 is 1.35 bits per heavy atom. The Morgan fingerprint density at radius 2 is 2.00 bits per heavy atom. The summed E-state index contributed by atoms with van der Waals surface area (Å²) in [5.74, 6) is 0.626. The maximum absolute atomic E-state index is 9.34. The lowest BCUT2D eigenvalue weighted by Gasteiger charge is -2.26. The molecule has 0 spiro atoms. The fourth-order valence-corrected chi connectivity index (χ4v) is 1.73. The molecule has 0 aliphatic rings. The highest BCUT2D eigenvalue weighted by Crippen LogP contribution is 2.23. The van der Waals surface area contributed by atoms with E-state index in [0.717, 1.165) is 18.5 Å². The maximum Gasteiger partial charge on any atom is 0.122 e. The minimum Gasteiger partial charge on any atom is -0.367 e. The van der Waals surface area contributed by atoms with Crippen LogP contribution in [-0.4, -0.2) is 5.54 Å². The molecule has 1 N–H and O–H groups in total. The van der Waals surface area contributed by atoms with Gasteiger partial charge in [0.25, 0.3) is 0 Å². The summed E-state index contributed by atoms with van der Waals surface area (Å²) in [5, 5.41) is 12.7. The summed E-state index contributed by atoms with van der Waals surface area (Å²) >= 11 is 0. The average molecular weight is 230 g/mol. The van der Waals surface area contributed by atoms with E-state index in [1.54, 1.807) is 0 Å². The van der Waals surface area contributed by atoms with Crippen molar-refractivity contribution in [2.75, 3.05) is 5.32 Å². The molecule has 1 atom stereocenters. The highest BCUT2D eigenvalue weighted by atomic mass is 15.0. The van der Waals surface area contributed by atoms with Gasteiger partial charge in [0.1, 0.15) is 5.54 Å². The van der Waals surface area contributed by atoms with Crippen LogP contribution < -0.4 is 5.32 Å². The number of benzene rings is 1. The summed E-state index contributed by atoms with van der Waals surface area (Å²) in [6, 6.07) is 10.5. The monoisotopic (exact) mass is 230 g/mol. The SMILES string of the molecule is Cc1ccccc1NC(C)(C#N)CCC(C)C. The minimum absolute atomic E-state index is 0.476. The Bertz CT molecular complexity index is 404. The first-order valence-electron chi connectivity index (χ1n) is 6.22. The third kappa shape index (κ3) is 4.11. The molecule has 0 aliphatic heterocycles. The first-order valence-corrected chi connectivity index (χ1v) is 6.22. The molecule has 0 aliphatic carbocycles. The molecule has 1 aromatic rings. The van der Waals surface area contributed by atoms with Crippen molar-refractivity contribution in [3.05, 3.63) is 29.8 Å². The quantitative estimate of drug-likeness (QED) is 0.825. The minimum atomic E-state index is -0.476. The molecule has 92 valence electrons.